The van der Waals surface area contributed by atoms with Crippen LogP contribution in [0.25, 0.3) is 10.9 Å². The van der Waals surface area contributed by atoms with Crippen molar-refractivity contribution in [2.24, 2.45) is 0 Å². The number of fused-ring (bicyclic) bond motifs is 1. The third-order valence-electron chi connectivity index (χ3n) is 3.98. The maximum absolute atomic E-state index is 12.9. The van der Waals surface area contributed by atoms with Crippen LogP contribution in [-0.2, 0) is 11.3 Å². The van der Waals surface area contributed by atoms with E-state index in [9.17, 15) is 22.8 Å². The fraction of sp³-hybridized carbons (Fsp3) is 0.500. The highest BCUT2D eigenvalue weighted by atomic mass is 79.9. The second kappa shape index (κ2) is 9.78. The van der Waals surface area contributed by atoms with E-state index >= 15 is 0 Å². The Morgan fingerprint density at radius 3 is 2.71 bits per heavy atom. The van der Waals surface area contributed by atoms with Crippen molar-refractivity contribution in [2.45, 2.75) is 56.2 Å². The Morgan fingerprint density at radius 1 is 1.36 bits per heavy atom. The topological polar surface area (TPSA) is 64.0 Å². The molecule has 1 aromatic heterocycles. The van der Waals surface area contributed by atoms with Crippen LogP contribution in [0, 0.1) is 0 Å². The summed E-state index contributed by atoms with van der Waals surface area (Å²) in [6.45, 7) is 2.58. The average Bonchev–Trinajstić information content (AvgIpc) is 2.62. The van der Waals surface area contributed by atoms with Crippen LogP contribution in [0.1, 0.15) is 33.1 Å². The van der Waals surface area contributed by atoms with Crippen LogP contribution in [-0.4, -0.2) is 33.4 Å². The van der Waals surface area contributed by atoms with Crippen LogP contribution in [0.2, 0.25) is 0 Å². The van der Waals surface area contributed by atoms with Crippen molar-refractivity contribution < 1.29 is 18.0 Å². The number of thioether (sulfide) groups is 1. The molecule has 154 valence electrons. The minimum Gasteiger partial charge on any atom is -0.346 e. The molecule has 0 aliphatic heterocycles. The number of halogens is 4. The lowest BCUT2D eigenvalue weighted by Crippen LogP contribution is -2.38. The summed E-state index contributed by atoms with van der Waals surface area (Å²) in [5.41, 5.74) is 0.248. The molecule has 5 nitrogen and oxygen atoms in total. The summed E-state index contributed by atoms with van der Waals surface area (Å²) in [4.78, 5) is 29.4. The summed E-state index contributed by atoms with van der Waals surface area (Å²) in [6.07, 6.45) is -1.81. The van der Waals surface area contributed by atoms with Crippen LogP contribution >= 0.6 is 27.7 Å². The molecule has 0 bridgehead atoms. The summed E-state index contributed by atoms with van der Waals surface area (Å²) in [5, 5.41) is 1.81. The number of rotatable bonds is 8. The van der Waals surface area contributed by atoms with E-state index in [1.807, 2.05) is 12.2 Å². The number of nitrogens with zero attached hydrogens (tertiary/aromatic N) is 2. The molecule has 0 saturated carbocycles. The van der Waals surface area contributed by atoms with Crippen LogP contribution < -0.4 is 10.9 Å². The number of aromatic nitrogens is 2. The first-order chi connectivity index (χ1) is 13.1. The molecular formula is C18H21BrF3N3O2S. The van der Waals surface area contributed by atoms with Crippen molar-refractivity contribution in [1.82, 2.24) is 14.9 Å². The van der Waals surface area contributed by atoms with Gasteiger partial charge in [-0.3, -0.25) is 14.2 Å². The quantitative estimate of drug-likeness (QED) is 0.343. The smallest absolute Gasteiger partial charge is 0.346 e. The lowest BCUT2D eigenvalue weighted by atomic mass is 10.2. The number of amides is 1. The molecule has 28 heavy (non-hydrogen) atoms. The van der Waals surface area contributed by atoms with Crippen LogP contribution in [0.5, 0.6) is 0 Å². The average molecular weight is 480 g/mol. The Labute approximate surface area is 173 Å². The lowest BCUT2D eigenvalue weighted by molar-refractivity contribution is -0.137. The summed E-state index contributed by atoms with van der Waals surface area (Å²) < 4.78 is 39.2. The second-order valence-electron chi connectivity index (χ2n) is 6.31. The number of nitrogens with one attached hydrogen (secondary N) is 1. The van der Waals surface area contributed by atoms with Gasteiger partial charge in [-0.2, -0.15) is 13.2 Å². The van der Waals surface area contributed by atoms with Crippen molar-refractivity contribution in [1.29, 1.82) is 0 Å². The first-order valence-corrected chi connectivity index (χ1v) is 10.5. The fourth-order valence-electron chi connectivity index (χ4n) is 2.52. The molecule has 1 atom stereocenters. The number of carbonyl (C=O) groups is 1. The van der Waals surface area contributed by atoms with Crippen molar-refractivity contribution in [3.8, 4) is 0 Å². The maximum Gasteiger partial charge on any atom is 0.405 e. The first kappa shape index (κ1) is 22.7. The predicted molar refractivity (Wildman–Crippen MR) is 108 cm³/mol. The number of unbranched alkanes of at least 4 members (excludes halogenated alkanes) is 2. The Bertz CT molecular complexity index is 902. The molecule has 0 saturated heterocycles. The third kappa shape index (κ3) is 6.23. The molecular weight excluding hydrogens is 459 g/mol. The van der Waals surface area contributed by atoms with Crippen molar-refractivity contribution in [3.05, 3.63) is 33.0 Å². The van der Waals surface area contributed by atoms with Gasteiger partial charge < -0.3 is 5.32 Å². The number of benzene rings is 1. The molecule has 1 aromatic carbocycles. The van der Waals surface area contributed by atoms with Gasteiger partial charge in [0.1, 0.15) is 6.54 Å². The Hall–Kier alpha value is -1.55. The monoisotopic (exact) mass is 479 g/mol. The zero-order valence-electron chi connectivity index (χ0n) is 15.5. The van der Waals surface area contributed by atoms with Gasteiger partial charge in [-0.1, -0.05) is 47.5 Å². The maximum atomic E-state index is 12.9. The third-order valence-corrected chi connectivity index (χ3v) is 5.56. The fourth-order valence-corrected chi connectivity index (χ4v) is 3.84. The molecule has 0 aliphatic carbocycles. The number of alkyl halides is 3. The zero-order valence-corrected chi connectivity index (χ0v) is 17.9. The highest BCUT2D eigenvalue weighted by Crippen LogP contribution is 2.24. The van der Waals surface area contributed by atoms with Crippen molar-refractivity contribution >= 4 is 44.5 Å². The Morgan fingerprint density at radius 2 is 2.07 bits per heavy atom. The molecule has 2 aromatic rings. The standard InChI is InChI=1S/C18H21BrF3N3O2S/c1-3-4-5-8-25-16(27)13-9-12(19)6-7-14(13)24-17(25)28-11(2)15(26)23-10-18(20,21)22/h6-7,9,11H,3-5,8,10H2,1-2H3,(H,23,26). The van der Waals surface area contributed by atoms with Gasteiger partial charge in [0.25, 0.3) is 5.56 Å². The molecule has 1 N–H and O–H groups in total. The van der Waals surface area contributed by atoms with Crippen molar-refractivity contribution in [2.75, 3.05) is 6.54 Å². The predicted octanol–water partition coefficient (Wildman–Crippen LogP) is 4.51. The second-order valence-corrected chi connectivity index (χ2v) is 8.54. The molecule has 10 heteroatoms. The summed E-state index contributed by atoms with van der Waals surface area (Å²) in [7, 11) is 0. The highest BCUT2D eigenvalue weighted by Gasteiger charge is 2.29. The summed E-state index contributed by atoms with van der Waals surface area (Å²) in [5.74, 6) is -0.757. The van der Waals surface area contributed by atoms with Crippen LogP contribution in [0.15, 0.2) is 32.6 Å². The summed E-state index contributed by atoms with van der Waals surface area (Å²) in [6, 6.07) is 5.13. The van der Waals surface area contributed by atoms with Gasteiger partial charge in [0.15, 0.2) is 5.16 Å². The highest BCUT2D eigenvalue weighted by molar-refractivity contribution is 9.10. The van der Waals surface area contributed by atoms with Gasteiger partial charge in [-0.15, -0.1) is 0 Å². The van der Waals surface area contributed by atoms with Crippen LogP contribution in [0.3, 0.4) is 0 Å². The van der Waals surface area contributed by atoms with Gasteiger partial charge in [0.2, 0.25) is 5.91 Å². The van der Waals surface area contributed by atoms with Gasteiger partial charge >= 0.3 is 6.18 Å². The molecule has 1 amide bonds. The van der Waals surface area contributed by atoms with Gasteiger partial charge in [-0.05, 0) is 31.5 Å². The van der Waals surface area contributed by atoms with Gasteiger partial charge in [0.05, 0.1) is 16.2 Å². The van der Waals surface area contributed by atoms with E-state index in [4.69, 9.17) is 0 Å². The number of hydrogen-bond acceptors (Lipinski definition) is 4. The molecule has 1 unspecified atom stereocenters. The minimum absolute atomic E-state index is 0.229. The molecule has 0 fully saturated rings. The molecule has 2 rings (SSSR count). The zero-order chi connectivity index (χ0) is 20.9. The lowest BCUT2D eigenvalue weighted by Gasteiger charge is -2.17. The minimum atomic E-state index is -4.48. The van der Waals surface area contributed by atoms with E-state index in [2.05, 4.69) is 20.9 Å². The van der Waals surface area contributed by atoms with E-state index in [-0.39, 0.29) is 5.56 Å². The Kier molecular flexibility index (Phi) is 7.94. The number of carbonyl (C=O) groups excluding carboxylic acids is 1. The van der Waals surface area contributed by atoms with Gasteiger partial charge in [0, 0.05) is 11.0 Å². The van der Waals surface area contributed by atoms with E-state index in [0.717, 1.165) is 35.5 Å². The summed E-state index contributed by atoms with van der Waals surface area (Å²) >= 11 is 4.32. The number of hydrogen-bond donors (Lipinski definition) is 1. The van der Waals surface area contributed by atoms with E-state index in [0.29, 0.717) is 22.6 Å². The van der Waals surface area contributed by atoms with E-state index < -0.39 is 23.9 Å². The van der Waals surface area contributed by atoms with Gasteiger partial charge in [-0.25, -0.2) is 4.98 Å². The molecule has 1 heterocycles. The molecule has 0 radical (unpaired) electrons. The Balaban J connectivity index is 2.32. The normalized spacial score (nSPS) is 12.9. The van der Waals surface area contributed by atoms with E-state index in [1.165, 1.54) is 11.5 Å². The molecule has 0 spiro atoms. The first-order valence-electron chi connectivity index (χ1n) is 8.83. The molecule has 0 aliphatic rings. The largest absolute Gasteiger partial charge is 0.405 e. The van der Waals surface area contributed by atoms with Crippen molar-refractivity contribution in [3.63, 3.8) is 0 Å². The van der Waals surface area contributed by atoms with E-state index in [1.54, 1.807) is 18.2 Å². The van der Waals surface area contributed by atoms with Crippen LogP contribution in [0.4, 0.5) is 13.2 Å². The SMILES string of the molecule is CCCCCn1c(SC(C)C(=O)NCC(F)(F)F)nc2ccc(Br)cc2c1=O.